The van der Waals surface area contributed by atoms with Gasteiger partial charge in [0.1, 0.15) is 5.69 Å². The van der Waals surface area contributed by atoms with Crippen molar-refractivity contribution >= 4 is 45.1 Å². The maximum absolute atomic E-state index is 12.5. The number of nitrogens with one attached hydrogen (secondary N) is 2. The highest BCUT2D eigenvalue weighted by Gasteiger charge is 2.25. The Morgan fingerprint density at radius 2 is 2.11 bits per heavy atom. The third-order valence-corrected chi connectivity index (χ3v) is 5.89. The van der Waals surface area contributed by atoms with E-state index in [9.17, 15) is 14.9 Å². The summed E-state index contributed by atoms with van der Waals surface area (Å²) in [7, 11) is 0. The van der Waals surface area contributed by atoms with Crippen molar-refractivity contribution in [3.05, 3.63) is 56.3 Å². The lowest BCUT2D eigenvalue weighted by Gasteiger charge is -2.07. The summed E-state index contributed by atoms with van der Waals surface area (Å²) in [4.78, 5) is 30.0. The van der Waals surface area contributed by atoms with E-state index in [0.717, 1.165) is 23.4 Å². The second-order valence-electron chi connectivity index (χ2n) is 6.31. The average Bonchev–Trinajstić information content (AvgIpc) is 3.15. The van der Waals surface area contributed by atoms with Gasteiger partial charge in [0.05, 0.1) is 15.5 Å². The molecule has 7 nitrogen and oxygen atoms in total. The number of aryl methyl sites for hydroxylation is 1. The second-order valence-corrected chi connectivity index (χ2v) is 8.46. The summed E-state index contributed by atoms with van der Waals surface area (Å²) >= 11 is 2.96. The van der Waals surface area contributed by atoms with Crippen LogP contribution in [0.15, 0.2) is 35.7 Å². The SMILES string of the molecule is Cc1ccc(-c2csc(NC(=O)c3ccc(NC4CC4)c([N+](=O)[O-])c3)n2)s1. The fraction of sp³-hybridized carbons (Fsp3) is 0.222. The fourth-order valence-electron chi connectivity index (χ4n) is 2.58. The highest BCUT2D eigenvalue weighted by atomic mass is 32.1. The molecule has 3 aromatic rings. The number of nitrogens with zero attached hydrogens (tertiary/aromatic N) is 2. The summed E-state index contributed by atoms with van der Waals surface area (Å²) in [5, 5.41) is 19.5. The van der Waals surface area contributed by atoms with Crippen molar-refractivity contribution in [3.8, 4) is 10.6 Å². The minimum atomic E-state index is -0.470. The van der Waals surface area contributed by atoms with Gasteiger partial charge in [0, 0.05) is 27.9 Å². The monoisotopic (exact) mass is 400 g/mol. The molecule has 2 N–H and O–H groups in total. The molecule has 0 aliphatic heterocycles. The maximum atomic E-state index is 12.5. The van der Waals surface area contributed by atoms with Gasteiger partial charge in [-0.3, -0.25) is 20.2 Å². The molecule has 0 atom stereocenters. The number of aromatic nitrogens is 1. The van der Waals surface area contributed by atoms with Gasteiger partial charge in [0.25, 0.3) is 11.6 Å². The molecule has 0 radical (unpaired) electrons. The van der Waals surface area contributed by atoms with Crippen molar-refractivity contribution in [2.24, 2.45) is 0 Å². The van der Waals surface area contributed by atoms with Crippen LogP contribution in [0.1, 0.15) is 28.1 Å². The van der Waals surface area contributed by atoms with E-state index in [1.54, 1.807) is 23.5 Å². The second kappa shape index (κ2) is 7.09. The molecular formula is C18H16N4O3S2. The van der Waals surface area contributed by atoms with Gasteiger partial charge in [-0.25, -0.2) is 4.98 Å². The van der Waals surface area contributed by atoms with Crippen LogP contribution in [0.3, 0.4) is 0 Å². The Morgan fingerprint density at radius 3 is 2.78 bits per heavy atom. The van der Waals surface area contributed by atoms with Crippen molar-refractivity contribution in [1.82, 2.24) is 4.98 Å². The van der Waals surface area contributed by atoms with Crippen molar-refractivity contribution < 1.29 is 9.72 Å². The van der Waals surface area contributed by atoms with Crippen molar-refractivity contribution in [2.45, 2.75) is 25.8 Å². The molecule has 1 saturated carbocycles. The number of thiophene rings is 1. The van der Waals surface area contributed by atoms with E-state index in [0.29, 0.717) is 10.8 Å². The maximum Gasteiger partial charge on any atom is 0.293 e. The van der Waals surface area contributed by atoms with Gasteiger partial charge < -0.3 is 5.32 Å². The molecule has 0 saturated heterocycles. The molecule has 138 valence electrons. The molecule has 0 unspecified atom stereocenters. The number of nitro groups is 1. The van der Waals surface area contributed by atoms with Gasteiger partial charge in [-0.15, -0.1) is 22.7 Å². The zero-order chi connectivity index (χ0) is 19.0. The predicted octanol–water partition coefficient (Wildman–Crippen LogP) is 4.91. The number of anilines is 2. The fourth-order valence-corrected chi connectivity index (χ4v) is 4.19. The van der Waals surface area contributed by atoms with E-state index in [2.05, 4.69) is 15.6 Å². The van der Waals surface area contributed by atoms with Gasteiger partial charge >= 0.3 is 0 Å². The molecule has 9 heteroatoms. The van der Waals surface area contributed by atoms with Gasteiger partial charge in [0.15, 0.2) is 5.13 Å². The lowest BCUT2D eigenvalue weighted by molar-refractivity contribution is -0.384. The van der Waals surface area contributed by atoms with E-state index < -0.39 is 10.8 Å². The molecule has 4 rings (SSSR count). The minimum absolute atomic E-state index is 0.0940. The van der Waals surface area contributed by atoms with Crippen molar-refractivity contribution in [3.63, 3.8) is 0 Å². The topological polar surface area (TPSA) is 97.2 Å². The number of carbonyl (C=O) groups excluding carboxylic acids is 1. The summed E-state index contributed by atoms with van der Waals surface area (Å²) in [5.41, 5.74) is 1.39. The Hall–Kier alpha value is -2.78. The van der Waals surface area contributed by atoms with Crippen LogP contribution in [-0.2, 0) is 0 Å². The molecule has 1 aliphatic carbocycles. The standard InChI is InChI=1S/C18H16N4O3S2/c1-10-2-7-16(27-10)14-9-26-18(20-14)21-17(23)11-3-6-13(19-12-4-5-12)15(8-11)22(24)25/h2-3,6-9,12,19H,4-5H2,1H3,(H,20,21,23). The molecule has 27 heavy (non-hydrogen) atoms. The van der Waals surface area contributed by atoms with Gasteiger partial charge in [0.2, 0.25) is 0 Å². The first-order valence-electron chi connectivity index (χ1n) is 8.38. The Balaban J connectivity index is 1.51. The average molecular weight is 400 g/mol. The number of hydrogen-bond donors (Lipinski definition) is 2. The van der Waals surface area contributed by atoms with Crippen LogP contribution in [0.5, 0.6) is 0 Å². The molecule has 0 spiro atoms. The van der Waals surface area contributed by atoms with Crippen LogP contribution in [0, 0.1) is 17.0 Å². The van der Waals surface area contributed by atoms with E-state index in [1.807, 2.05) is 24.4 Å². The summed E-state index contributed by atoms with van der Waals surface area (Å²) in [6, 6.07) is 8.79. The molecule has 0 bridgehead atoms. The third-order valence-electron chi connectivity index (χ3n) is 4.11. The first-order chi connectivity index (χ1) is 13.0. The number of carbonyl (C=O) groups is 1. The largest absolute Gasteiger partial charge is 0.377 e. The molecule has 1 amide bonds. The molecular weight excluding hydrogens is 384 g/mol. The number of amides is 1. The molecule has 2 aromatic heterocycles. The van der Waals surface area contributed by atoms with Crippen LogP contribution in [0.25, 0.3) is 10.6 Å². The van der Waals surface area contributed by atoms with E-state index >= 15 is 0 Å². The smallest absolute Gasteiger partial charge is 0.293 e. The summed E-state index contributed by atoms with van der Waals surface area (Å²) < 4.78 is 0. The Morgan fingerprint density at radius 1 is 1.30 bits per heavy atom. The Labute approximate surface area is 163 Å². The van der Waals surface area contributed by atoms with Gasteiger partial charge in [-0.2, -0.15) is 0 Å². The van der Waals surface area contributed by atoms with Crippen LogP contribution < -0.4 is 10.6 Å². The van der Waals surface area contributed by atoms with Crippen LogP contribution in [-0.4, -0.2) is 21.9 Å². The highest BCUT2D eigenvalue weighted by molar-refractivity contribution is 7.17. The van der Waals surface area contributed by atoms with Crippen LogP contribution in [0.4, 0.5) is 16.5 Å². The van der Waals surface area contributed by atoms with E-state index in [-0.39, 0.29) is 17.3 Å². The van der Waals surface area contributed by atoms with Gasteiger partial charge in [-0.1, -0.05) is 0 Å². The number of rotatable bonds is 6. The van der Waals surface area contributed by atoms with Crippen molar-refractivity contribution in [1.29, 1.82) is 0 Å². The summed E-state index contributed by atoms with van der Waals surface area (Å²) in [5.74, 6) is -0.417. The zero-order valence-corrected chi connectivity index (χ0v) is 16.0. The molecule has 1 aromatic carbocycles. The van der Waals surface area contributed by atoms with E-state index in [1.165, 1.54) is 22.3 Å². The number of benzene rings is 1. The van der Waals surface area contributed by atoms with E-state index in [4.69, 9.17) is 0 Å². The predicted molar refractivity (Wildman–Crippen MR) is 108 cm³/mol. The molecule has 2 heterocycles. The summed E-state index contributed by atoms with van der Waals surface area (Å²) in [6.45, 7) is 2.03. The summed E-state index contributed by atoms with van der Waals surface area (Å²) in [6.07, 6.45) is 2.02. The van der Waals surface area contributed by atoms with Crippen LogP contribution in [0.2, 0.25) is 0 Å². The van der Waals surface area contributed by atoms with Gasteiger partial charge in [-0.05, 0) is 44.0 Å². The first-order valence-corrected chi connectivity index (χ1v) is 10.1. The molecule has 1 fully saturated rings. The third kappa shape index (κ3) is 3.99. The lowest BCUT2D eigenvalue weighted by atomic mass is 10.1. The number of nitro benzene ring substituents is 1. The minimum Gasteiger partial charge on any atom is -0.377 e. The molecule has 1 aliphatic rings. The Bertz CT molecular complexity index is 1020. The zero-order valence-electron chi connectivity index (χ0n) is 14.4. The lowest BCUT2D eigenvalue weighted by Crippen LogP contribution is -2.13. The number of thiazole rings is 1. The van der Waals surface area contributed by atoms with Crippen molar-refractivity contribution in [2.75, 3.05) is 10.6 Å². The quantitative estimate of drug-likeness (QED) is 0.452. The first kappa shape index (κ1) is 17.6. The number of hydrogen-bond acceptors (Lipinski definition) is 7. The normalized spacial score (nSPS) is 13.4. The Kier molecular flexibility index (Phi) is 4.63. The highest BCUT2D eigenvalue weighted by Crippen LogP contribution is 2.33. The van der Waals surface area contributed by atoms with Crippen LogP contribution >= 0.6 is 22.7 Å².